The molecule has 0 spiro atoms. The Bertz CT molecular complexity index is 461. The lowest BCUT2D eigenvalue weighted by atomic mass is 10.1. The number of nitrogens with two attached hydrogens (primary N) is 1. The van der Waals surface area contributed by atoms with E-state index in [1.807, 2.05) is 0 Å². The van der Waals surface area contributed by atoms with Gasteiger partial charge in [-0.05, 0) is 24.6 Å². The highest BCUT2D eigenvalue weighted by molar-refractivity contribution is 5.94. The van der Waals surface area contributed by atoms with E-state index in [2.05, 4.69) is 5.32 Å². The SMILES string of the molecule is COCC(N)C(=O)Nc1ccc(C)c(C(F)(F)F)c1. The Morgan fingerprint density at radius 1 is 1.47 bits per heavy atom. The van der Waals surface area contributed by atoms with Gasteiger partial charge in [-0.1, -0.05) is 6.07 Å². The first-order chi connectivity index (χ1) is 8.75. The van der Waals surface area contributed by atoms with Gasteiger partial charge in [0, 0.05) is 12.8 Å². The van der Waals surface area contributed by atoms with E-state index in [-0.39, 0.29) is 17.9 Å². The van der Waals surface area contributed by atoms with Crippen LogP contribution >= 0.6 is 0 Å². The molecule has 7 heteroatoms. The van der Waals surface area contributed by atoms with Crippen molar-refractivity contribution < 1.29 is 22.7 Å². The molecule has 0 radical (unpaired) electrons. The first-order valence-corrected chi connectivity index (χ1v) is 5.49. The Labute approximate surface area is 108 Å². The molecule has 0 aliphatic heterocycles. The Kier molecular flexibility index (Phi) is 4.90. The summed E-state index contributed by atoms with van der Waals surface area (Å²) in [7, 11) is 1.38. The number of alkyl halides is 3. The Hall–Kier alpha value is -1.60. The zero-order valence-corrected chi connectivity index (χ0v) is 10.5. The van der Waals surface area contributed by atoms with Gasteiger partial charge in [0.15, 0.2) is 0 Å². The maximum absolute atomic E-state index is 12.7. The molecule has 1 atom stereocenters. The monoisotopic (exact) mass is 276 g/mol. The van der Waals surface area contributed by atoms with Gasteiger partial charge in [0.05, 0.1) is 12.2 Å². The number of anilines is 1. The van der Waals surface area contributed by atoms with E-state index >= 15 is 0 Å². The fourth-order valence-electron chi connectivity index (χ4n) is 1.50. The maximum atomic E-state index is 12.7. The second-order valence-electron chi connectivity index (χ2n) is 4.08. The zero-order chi connectivity index (χ0) is 14.6. The van der Waals surface area contributed by atoms with Crippen molar-refractivity contribution in [3.05, 3.63) is 29.3 Å². The van der Waals surface area contributed by atoms with E-state index in [1.54, 1.807) is 0 Å². The zero-order valence-electron chi connectivity index (χ0n) is 10.5. The first-order valence-electron chi connectivity index (χ1n) is 5.49. The molecule has 0 aromatic heterocycles. The Balaban J connectivity index is 2.89. The molecule has 3 N–H and O–H groups in total. The molecule has 1 amide bonds. The van der Waals surface area contributed by atoms with Crippen LogP contribution in [0, 0.1) is 6.92 Å². The summed E-state index contributed by atoms with van der Waals surface area (Å²) in [6, 6.07) is 2.63. The van der Waals surface area contributed by atoms with Crippen molar-refractivity contribution in [2.24, 2.45) is 5.73 Å². The molecule has 1 rings (SSSR count). The predicted octanol–water partition coefficient (Wildman–Crippen LogP) is 1.93. The second kappa shape index (κ2) is 6.03. The van der Waals surface area contributed by atoms with Crippen LogP contribution in [0.3, 0.4) is 0 Å². The normalized spacial score (nSPS) is 13.2. The molecule has 106 valence electrons. The van der Waals surface area contributed by atoms with Gasteiger partial charge in [0.1, 0.15) is 6.04 Å². The third kappa shape index (κ3) is 4.22. The van der Waals surface area contributed by atoms with E-state index in [0.29, 0.717) is 0 Å². The minimum Gasteiger partial charge on any atom is -0.383 e. The fraction of sp³-hybridized carbons (Fsp3) is 0.417. The van der Waals surface area contributed by atoms with Crippen LogP contribution < -0.4 is 11.1 Å². The summed E-state index contributed by atoms with van der Waals surface area (Å²) in [5.74, 6) is -0.598. The van der Waals surface area contributed by atoms with E-state index in [4.69, 9.17) is 10.5 Å². The molecule has 1 aromatic carbocycles. The average Bonchev–Trinajstić information content (AvgIpc) is 2.30. The van der Waals surface area contributed by atoms with Crippen molar-refractivity contribution in [2.45, 2.75) is 19.1 Å². The van der Waals surface area contributed by atoms with Crippen LogP contribution in [0.25, 0.3) is 0 Å². The number of benzene rings is 1. The molecule has 1 unspecified atom stereocenters. The van der Waals surface area contributed by atoms with Crippen LogP contribution in [0.2, 0.25) is 0 Å². The van der Waals surface area contributed by atoms with Gasteiger partial charge in [0.25, 0.3) is 0 Å². The molecular formula is C12H15F3N2O2. The van der Waals surface area contributed by atoms with Crippen molar-refractivity contribution in [3.63, 3.8) is 0 Å². The van der Waals surface area contributed by atoms with E-state index < -0.39 is 23.7 Å². The van der Waals surface area contributed by atoms with E-state index in [9.17, 15) is 18.0 Å². The number of aryl methyl sites for hydroxylation is 1. The molecule has 0 bridgehead atoms. The number of hydrogen-bond acceptors (Lipinski definition) is 3. The molecule has 19 heavy (non-hydrogen) atoms. The average molecular weight is 276 g/mol. The molecule has 0 saturated carbocycles. The third-order valence-corrected chi connectivity index (χ3v) is 2.49. The standard InChI is InChI=1S/C12H15F3N2O2/c1-7-3-4-8(5-9(7)12(13,14)15)17-11(18)10(16)6-19-2/h3-5,10H,6,16H2,1-2H3,(H,17,18). The van der Waals surface area contributed by atoms with E-state index in [1.165, 1.54) is 26.2 Å². The molecule has 0 aliphatic rings. The quantitative estimate of drug-likeness (QED) is 0.883. The summed E-state index contributed by atoms with van der Waals surface area (Å²) in [5, 5.41) is 2.32. The molecule has 0 fully saturated rings. The van der Waals surface area contributed by atoms with Crippen LogP contribution in [0.1, 0.15) is 11.1 Å². The number of nitrogens with one attached hydrogen (secondary N) is 1. The van der Waals surface area contributed by atoms with Crippen molar-refractivity contribution in [1.82, 2.24) is 0 Å². The topological polar surface area (TPSA) is 64.3 Å². The number of amides is 1. The van der Waals surface area contributed by atoms with Gasteiger partial charge in [-0.15, -0.1) is 0 Å². The van der Waals surface area contributed by atoms with Gasteiger partial charge < -0.3 is 15.8 Å². The molecule has 0 heterocycles. The summed E-state index contributed by atoms with van der Waals surface area (Å²) >= 11 is 0. The van der Waals surface area contributed by atoms with Gasteiger partial charge in [-0.25, -0.2) is 0 Å². The van der Waals surface area contributed by atoms with Crippen LogP contribution in [0.15, 0.2) is 18.2 Å². The predicted molar refractivity (Wildman–Crippen MR) is 64.7 cm³/mol. The lowest BCUT2D eigenvalue weighted by Gasteiger charge is -2.14. The number of methoxy groups -OCH3 is 1. The number of rotatable bonds is 4. The van der Waals surface area contributed by atoms with Crippen LogP contribution in [-0.2, 0) is 15.7 Å². The van der Waals surface area contributed by atoms with Crippen molar-refractivity contribution in [1.29, 1.82) is 0 Å². The number of ether oxygens (including phenoxy) is 1. The lowest BCUT2D eigenvalue weighted by molar-refractivity contribution is -0.138. The highest BCUT2D eigenvalue weighted by Gasteiger charge is 2.32. The van der Waals surface area contributed by atoms with Gasteiger partial charge >= 0.3 is 6.18 Å². The highest BCUT2D eigenvalue weighted by atomic mass is 19.4. The molecule has 0 aliphatic carbocycles. The minimum absolute atomic E-state index is 0.0101. The summed E-state index contributed by atoms with van der Waals surface area (Å²) in [5.41, 5.74) is 4.82. The summed E-state index contributed by atoms with van der Waals surface area (Å²) < 4.78 is 42.8. The highest BCUT2D eigenvalue weighted by Crippen LogP contribution is 2.33. The van der Waals surface area contributed by atoms with Crippen molar-refractivity contribution in [3.8, 4) is 0 Å². The van der Waals surface area contributed by atoms with Gasteiger partial charge in [-0.3, -0.25) is 4.79 Å². The summed E-state index contributed by atoms with van der Waals surface area (Å²) in [4.78, 5) is 11.6. The molecule has 4 nitrogen and oxygen atoms in total. The van der Waals surface area contributed by atoms with Crippen LogP contribution in [-0.4, -0.2) is 25.7 Å². The molecular weight excluding hydrogens is 261 g/mol. The lowest BCUT2D eigenvalue weighted by Crippen LogP contribution is -2.39. The number of carbonyl (C=O) groups excluding carboxylic acids is 1. The molecule has 1 aromatic rings. The largest absolute Gasteiger partial charge is 0.416 e. The number of hydrogen-bond donors (Lipinski definition) is 2. The number of carbonyl (C=O) groups is 1. The Morgan fingerprint density at radius 2 is 2.11 bits per heavy atom. The fourth-order valence-corrected chi connectivity index (χ4v) is 1.50. The van der Waals surface area contributed by atoms with E-state index in [0.717, 1.165) is 6.07 Å². The van der Waals surface area contributed by atoms with Gasteiger partial charge in [0.2, 0.25) is 5.91 Å². The Morgan fingerprint density at radius 3 is 2.63 bits per heavy atom. The minimum atomic E-state index is -4.46. The maximum Gasteiger partial charge on any atom is 0.416 e. The molecule has 0 saturated heterocycles. The van der Waals surface area contributed by atoms with Crippen molar-refractivity contribution >= 4 is 11.6 Å². The van der Waals surface area contributed by atoms with Crippen molar-refractivity contribution in [2.75, 3.05) is 19.0 Å². The number of halogens is 3. The summed E-state index contributed by atoms with van der Waals surface area (Å²) in [6.07, 6.45) is -4.46. The smallest absolute Gasteiger partial charge is 0.383 e. The van der Waals surface area contributed by atoms with Crippen LogP contribution in [0.5, 0.6) is 0 Å². The first kappa shape index (κ1) is 15.5. The van der Waals surface area contributed by atoms with Crippen LogP contribution in [0.4, 0.5) is 18.9 Å². The second-order valence-corrected chi connectivity index (χ2v) is 4.08. The summed E-state index contributed by atoms with van der Waals surface area (Å²) in [6.45, 7) is 1.34. The third-order valence-electron chi connectivity index (χ3n) is 2.49. The van der Waals surface area contributed by atoms with Gasteiger partial charge in [-0.2, -0.15) is 13.2 Å².